The number of imide groups is 1. The summed E-state index contributed by atoms with van der Waals surface area (Å²) in [7, 11) is 1.56. The van der Waals surface area contributed by atoms with E-state index in [9.17, 15) is 37.6 Å². The molecule has 0 radical (unpaired) electrons. The number of piperidine rings is 1. The van der Waals surface area contributed by atoms with Crippen molar-refractivity contribution in [3.63, 3.8) is 0 Å². The Balaban J connectivity index is 0.851. The monoisotopic (exact) mass is 816 g/mol. The third-order valence-corrected chi connectivity index (χ3v) is 12.4. The number of rotatable bonds is 7. The number of amides is 3. The van der Waals surface area contributed by atoms with E-state index in [0.717, 1.165) is 43.9 Å². The number of anilines is 2. The quantitative estimate of drug-likeness (QED) is 0.167. The van der Waals surface area contributed by atoms with Gasteiger partial charge in [-0.05, 0) is 74.4 Å². The molecule has 1 unspecified atom stereocenters. The maximum atomic E-state index is 15.6. The van der Waals surface area contributed by atoms with Crippen molar-refractivity contribution < 1.29 is 36.3 Å². The minimum absolute atomic E-state index is 0.0327. The lowest BCUT2D eigenvalue weighted by Gasteiger charge is -2.67. The van der Waals surface area contributed by atoms with Crippen LogP contribution in [0.3, 0.4) is 0 Å². The van der Waals surface area contributed by atoms with Crippen molar-refractivity contribution in [2.45, 2.75) is 68.2 Å². The van der Waals surface area contributed by atoms with E-state index in [2.05, 4.69) is 20.5 Å². The molecule has 1 atom stereocenters. The fourth-order valence-electron chi connectivity index (χ4n) is 9.35. The maximum absolute atomic E-state index is 15.6. The molecule has 1 spiro atoms. The minimum Gasteiger partial charge on any atom is -0.350 e. The highest BCUT2D eigenvalue weighted by Gasteiger charge is 2.72. The Labute approximate surface area is 332 Å². The molecule has 3 amide bonds. The number of nitrogens with zero attached hydrogens (tertiary/aromatic N) is 8. The topological polar surface area (TPSA) is 163 Å². The van der Waals surface area contributed by atoms with Gasteiger partial charge in [-0.15, -0.1) is 0 Å². The first kappa shape index (κ1) is 38.4. The number of aryl methyl sites for hydroxylation is 1. The van der Waals surface area contributed by atoms with Crippen molar-refractivity contribution in [2.24, 2.45) is 13.0 Å². The number of fused-ring (bicyclic) bond motifs is 2. The van der Waals surface area contributed by atoms with Gasteiger partial charge in [0, 0.05) is 44.7 Å². The zero-order valence-corrected chi connectivity index (χ0v) is 31.6. The fourth-order valence-corrected chi connectivity index (χ4v) is 9.35. The average Bonchev–Trinajstić information content (AvgIpc) is 3.72. The minimum atomic E-state index is -4.73. The summed E-state index contributed by atoms with van der Waals surface area (Å²) >= 11 is 0. The number of aromatic nitrogens is 5. The lowest BCUT2D eigenvalue weighted by Crippen LogP contribution is -2.88. The van der Waals surface area contributed by atoms with Crippen molar-refractivity contribution in [1.82, 2.24) is 34.1 Å². The Morgan fingerprint density at radius 3 is 2.46 bits per heavy atom. The molecule has 14 nitrogen and oxygen atoms in total. The maximum Gasteiger partial charge on any atom is 0.433 e. The average molecular weight is 817 g/mol. The number of likely N-dealkylation sites (tertiary alicyclic amines) is 1. The molecule has 306 valence electrons. The van der Waals surface area contributed by atoms with Crippen LogP contribution < -0.4 is 21.2 Å². The third kappa shape index (κ3) is 6.31. The molecule has 3 saturated heterocycles. The van der Waals surface area contributed by atoms with Gasteiger partial charge in [0.05, 0.1) is 46.1 Å². The summed E-state index contributed by atoms with van der Waals surface area (Å²) in [6, 6.07) is 12.3. The van der Waals surface area contributed by atoms with Crippen LogP contribution in [-0.2, 0) is 22.8 Å². The summed E-state index contributed by atoms with van der Waals surface area (Å²) in [5.74, 6) is -4.57. The number of benzene rings is 2. The standard InChI is InChI=1S/C40H37F5N10O4/c1-51-34-29(5-3-6-30(34)55(37(51)59)31-12-13-33(56)49-36(31)58)53-21-39(41,42)38(53)19-52(20-38)17-22-8-10-25(11-9-22)54-18-24-15-27(23(16-46)14-28(24)50-54)48-35(57)26-4-2-7-32(47-26)40(43,44)45/h2-7,14-15,18,22,25,31H,8-13,17,19-21H2,1H3,(H,48,57)(H,49,56,58). The van der Waals surface area contributed by atoms with Gasteiger partial charge in [-0.2, -0.15) is 23.5 Å². The molecule has 9 rings (SSSR count). The zero-order valence-electron chi connectivity index (χ0n) is 31.6. The Morgan fingerprint density at radius 2 is 1.76 bits per heavy atom. The second-order valence-corrected chi connectivity index (χ2v) is 16.0. The highest BCUT2D eigenvalue weighted by molar-refractivity contribution is 6.05. The first-order valence-electron chi connectivity index (χ1n) is 19.3. The van der Waals surface area contributed by atoms with Crippen molar-refractivity contribution in [1.29, 1.82) is 5.26 Å². The molecule has 5 aromatic rings. The zero-order chi connectivity index (χ0) is 41.6. The van der Waals surface area contributed by atoms with Gasteiger partial charge in [0.15, 0.2) is 0 Å². The number of pyridine rings is 1. The van der Waals surface area contributed by atoms with Gasteiger partial charge in [-0.3, -0.25) is 38.4 Å². The number of hydrogen-bond acceptors (Lipinski definition) is 9. The first-order chi connectivity index (χ1) is 28.1. The molecule has 4 aliphatic rings. The van der Waals surface area contributed by atoms with E-state index in [-0.39, 0.29) is 49.1 Å². The molecule has 3 aliphatic heterocycles. The van der Waals surface area contributed by atoms with E-state index in [1.54, 1.807) is 36.2 Å². The number of nitriles is 1. The van der Waals surface area contributed by atoms with Crippen molar-refractivity contribution in [3.05, 3.63) is 82.2 Å². The number of halogens is 5. The number of carbonyl (C=O) groups is 3. The third-order valence-electron chi connectivity index (χ3n) is 12.4. The van der Waals surface area contributed by atoms with Crippen LogP contribution in [0.1, 0.15) is 72.4 Å². The molecule has 1 aliphatic carbocycles. The molecule has 3 aromatic heterocycles. The summed E-state index contributed by atoms with van der Waals surface area (Å²) in [6.07, 6.45) is 0.531. The molecular weight excluding hydrogens is 779 g/mol. The summed E-state index contributed by atoms with van der Waals surface area (Å²) in [5, 5.41) is 19.9. The van der Waals surface area contributed by atoms with E-state index in [0.29, 0.717) is 34.2 Å². The van der Waals surface area contributed by atoms with Crippen molar-refractivity contribution >= 4 is 51.0 Å². The van der Waals surface area contributed by atoms with E-state index < -0.39 is 65.0 Å². The van der Waals surface area contributed by atoms with Crippen LogP contribution in [0.4, 0.5) is 33.3 Å². The normalized spacial score (nSPS) is 22.9. The Kier molecular flexibility index (Phi) is 8.92. The summed E-state index contributed by atoms with van der Waals surface area (Å²) < 4.78 is 75.2. The van der Waals surface area contributed by atoms with Gasteiger partial charge >= 0.3 is 11.9 Å². The van der Waals surface area contributed by atoms with Gasteiger partial charge in [0.1, 0.15) is 29.0 Å². The lowest BCUT2D eigenvalue weighted by atomic mass is 9.72. The molecular formula is C40H37F5N10O4. The molecule has 6 heterocycles. The number of para-hydroxylation sites is 1. The van der Waals surface area contributed by atoms with Crippen molar-refractivity contribution in [2.75, 3.05) is 36.4 Å². The van der Waals surface area contributed by atoms with Crippen LogP contribution >= 0.6 is 0 Å². The van der Waals surface area contributed by atoms with Crippen molar-refractivity contribution in [3.8, 4) is 6.07 Å². The summed E-state index contributed by atoms with van der Waals surface area (Å²) in [6.45, 7) is 0.431. The van der Waals surface area contributed by atoms with Crippen LogP contribution in [0.5, 0.6) is 0 Å². The largest absolute Gasteiger partial charge is 0.433 e. The lowest BCUT2D eigenvalue weighted by molar-refractivity contribution is -0.186. The number of nitrogens with one attached hydrogen (secondary N) is 2. The highest BCUT2D eigenvalue weighted by atomic mass is 19.4. The van der Waals surface area contributed by atoms with Gasteiger partial charge in [0.25, 0.3) is 11.8 Å². The fraction of sp³-hybridized carbons (Fsp3) is 0.425. The van der Waals surface area contributed by atoms with Crippen LogP contribution in [0, 0.1) is 17.2 Å². The van der Waals surface area contributed by atoms with Gasteiger partial charge in [-0.1, -0.05) is 12.1 Å². The Hall–Kier alpha value is -6.16. The summed E-state index contributed by atoms with van der Waals surface area (Å²) in [5.41, 5.74) is -1.46. The van der Waals surface area contributed by atoms with E-state index in [1.165, 1.54) is 15.2 Å². The SMILES string of the molecule is Cn1c(=O)n(C2CCC(=O)NC2=O)c2cccc(N3CC(F)(F)C34CN(CC3CCC(n5cc6cc(NC(=O)c7cccc(C(F)(F)F)n7)c(C#N)cc6n5)CC3)C4)c21. The van der Waals surface area contributed by atoms with E-state index in [4.69, 9.17) is 5.10 Å². The second kappa shape index (κ2) is 13.7. The molecule has 2 N–H and O–H groups in total. The second-order valence-electron chi connectivity index (χ2n) is 16.0. The van der Waals surface area contributed by atoms with Gasteiger partial charge in [0.2, 0.25) is 11.8 Å². The number of alkyl halides is 5. The van der Waals surface area contributed by atoms with E-state index >= 15 is 8.78 Å². The molecule has 1 saturated carbocycles. The molecule has 0 bridgehead atoms. The molecule has 2 aromatic carbocycles. The van der Waals surface area contributed by atoms with Gasteiger partial charge < -0.3 is 10.2 Å². The van der Waals surface area contributed by atoms with Crippen LogP contribution in [0.25, 0.3) is 21.9 Å². The number of hydrogen-bond donors (Lipinski definition) is 2. The highest BCUT2D eigenvalue weighted by Crippen LogP contribution is 2.53. The first-order valence-corrected chi connectivity index (χ1v) is 19.3. The Morgan fingerprint density at radius 1 is 1.02 bits per heavy atom. The van der Waals surface area contributed by atoms with Crippen LogP contribution in [-0.4, -0.2) is 84.2 Å². The summed E-state index contributed by atoms with van der Waals surface area (Å²) in [4.78, 5) is 58.0. The smallest absolute Gasteiger partial charge is 0.350 e. The molecule has 19 heteroatoms. The predicted molar refractivity (Wildman–Crippen MR) is 203 cm³/mol. The van der Waals surface area contributed by atoms with Crippen LogP contribution in [0.2, 0.25) is 0 Å². The molecule has 59 heavy (non-hydrogen) atoms. The number of carbonyl (C=O) groups excluding carboxylic acids is 3. The Bertz CT molecular complexity index is 2660. The molecule has 4 fully saturated rings. The van der Waals surface area contributed by atoms with E-state index in [1.807, 2.05) is 16.9 Å². The number of imidazole rings is 1. The predicted octanol–water partition coefficient (Wildman–Crippen LogP) is 5.15. The van der Waals surface area contributed by atoms with Gasteiger partial charge in [-0.25, -0.2) is 18.6 Å². The van der Waals surface area contributed by atoms with Crippen LogP contribution in [0.15, 0.2) is 59.5 Å².